The van der Waals surface area contributed by atoms with Crippen molar-refractivity contribution in [2.75, 3.05) is 16.0 Å². The summed E-state index contributed by atoms with van der Waals surface area (Å²) < 4.78 is 0. The zero-order valence-electron chi connectivity index (χ0n) is 16.1. The molecular formula is C21H18N8O. The molecule has 0 bridgehead atoms. The van der Waals surface area contributed by atoms with Crippen molar-refractivity contribution in [1.29, 1.82) is 0 Å². The Morgan fingerprint density at radius 2 is 1.57 bits per heavy atom. The summed E-state index contributed by atoms with van der Waals surface area (Å²) >= 11 is 0. The molecule has 3 heterocycles. The Balaban J connectivity index is 1.43. The van der Waals surface area contributed by atoms with Crippen LogP contribution in [0.4, 0.5) is 28.8 Å². The molecule has 0 spiro atoms. The molecule has 3 N–H and O–H groups in total. The molecular weight excluding hydrogens is 380 g/mol. The number of anilines is 5. The smallest absolute Gasteiger partial charge is 0.275 e. The Hall–Kier alpha value is -4.40. The number of hydrogen-bond acceptors (Lipinski definition) is 8. The zero-order chi connectivity index (χ0) is 20.8. The van der Waals surface area contributed by atoms with Crippen LogP contribution in [0.3, 0.4) is 0 Å². The predicted octanol–water partition coefficient (Wildman–Crippen LogP) is 3.71. The number of nitrogens with one attached hydrogen (secondary N) is 3. The molecule has 0 unspecified atom stereocenters. The number of amides is 1. The highest BCUT2D eigenvalue weighted by molar-refractivity contribution is 6.02. The van der Waals surface area contributed by atoms with Gasteiger partial charge in [-0.05, 0) is 43.3 Å². The van der Waals surface area contributed by atoms with Crippen molar-refractivity contribution in [3.05, 3.63) is 84.8 Å². The fourth-order valence-electron chi connectivity index (χ4n) is 2.66. The van der Waals surface area contributed by atoms with E-state index in [0.29, 0.717) is 29.0 Å². The van der Waals surface area contributed by atoms with Gasteiger partial charge in [-0.15, -0.1) is 0 Å². The van der Waals surface area contributed by atoms with Crippen molar-refractivity contribution in [1.82, 2.24) is 24.9 Å². The molecule has 0 atom stereocenters. The van der Waals surface area contributed by atoms with Crippen molar-refractivity contribution in [2.24, 2.45) is 0 Å². The maximum Gasteiger partial charge on any atom is 0.275 e. The molecule has 9 heteroatoms. The van der Waals surface area contributed by atoms with Gasteiger partial charge < -0.3 is 16.0 Å². The van der Waals surface area contributed by atoms with E-state index in [-0.39, 0.29) is 11.6 Å². The van der Waals surface area contributed by atoms with E-state index < -0.39 is 0 Å². The quantitative estimate of drug-likeness (QED) is 0.450. The molecule has 148 valence electrons. The lowest BCUT2D eigenvalue weighted by Crippen LogP contribution is -2.13. The minimum Gasteiger partial charge on any atom is -0.340 e. The Morgan fingerprint density at radius 1 is 0.800 bits per heavy atom. The van der Waals surface area contributed by atoms with E-state index in [2.05, 4.69) is 40.9 Å². The second-order valence-electron chi connectivity index (χ2n) is 6.27. The van der Waals surface area contributed by atoms with Crippen molar-refractivity contribution >= 4 is 34.7 Å². The van der Waals surface area contributed by atoms with E-state index in [1.807, 2.05) is 37.3 Å². The number of carbonyl (C=O) groups is 1. The third-order valence-corrected chi connectivity index (χ3v) is 3.97. The van der Waals surface area contributed by atoms with Crippen LogP contribution < -0.4 is 16.0 Å². The number of aromatic nitrogens is 5. The lowest BCUT2D eigenvalue weighted by Gasteiger charge is -2.11. The van der Waals surface area contributed by atoms with Crippen molar-refractivity contribution in [3.8, 4) is 0 Å². The number of hydrogen-bond donors (Lipinski definition) is 3. The van der Waals surface area contributed by atoms with E-state index in [9.17, 15) is 4.79 Å². The molecule has 0 aliphatic carbocycles. The Kier molecular flexibility index (Phi) is 5.52. The molecule has 0 saturated heterocycles. The molecule has 0 radical (unpaired) electrons. The predicted molar refractivity (Wildman–Crippen MR) is 114 cm³/mol. The molecule has 0 aliphatic rings. The highest BCUT2D eigenvalue weighted by atomic mass is 16.1. The van der Waals surface area contributed by atoms with Gasteiger partial charge in [0.15, 0.2) is 0 Å². The second-order valence-corrected chi connectivity index (χ2v) is 6.27. The maximum absolute atomic E-state index is 12.2. The summed E-state index contributed by atoms with van der Waals surface area (Å²) in [6.07, 6.45) is 6.12. The fraction of sp³-hybridized carbons (Fsp3) is 0.0476. The van der Waals surface area contributed by atoms with Gasteiger partial charge in [0.05, 0.1) is 6.20 Å². The van der Waals surface area contributed by atoms with Gasteiger partial charge in [0.1, 0.15) is 29.0 Å². The second kappa shape index (κ2) is 8.74. The van der Waals surface area contributed by atoms with Crippen LogP contribution in [-0.2, 0) is 0 Å². The van der Waals surface area contributed by atoms with Gasteiger partial charge in [-0.25, -0.2) is 19.9 Å². The van der Waals surface area contributed by atoms with Gasteiger partial charge in [0.2, 0.25) is 0 Å². The number of aryl methyl sites for hydroxylation is 1. The topological polar surface area (TPSA) is 118 Å². The van der Waals surface area contributed by atoms with E-state index in [4.69, 9.17) is 0 Å². The average Bonchev–Trinajstić information content (AvgIpc) is 2.76. The van der Waals surface area contributed by atoms with Crippen LogP contribution in [0.5, 0.6) is 0 Å². The monoisotopic (exact) mass is 398 g/mol. The van der Waals surface area contributed by atoms with Gasteiger partial charge in [-0.2, -0.15) is 0 Å². The van der Waals surface area contributed by atoms with E-state index in [0.717, 1.165) is 5.69 Å². The standard InChI is InChI=1S/C21H18N8O/c1-14-25-19(12-20(26-14)29-18-4-2-3-9-24-18)27-15-5-7-16(8-6-15)28-21(30)17-13-22-10-11-23-17/h2-13H,1H3,(H,28,30)(H2,24,25,26,27,29). The zero-order valence-corrected chi connectivity index (χ0v) is 16.1. The van der Waals surface area contributed by atoms with Crippen molar-refractivity contribution < 1.29 is 4.79 Å². The van der Waals surface area contributed by atoms with Gasteiger partial charge >= 0.3 is 0 Å². The normalized spacial score (nSPS) is 10.3. The summed E-state index contributed by atoms with van der Waals surface area (Å²) in [6, 6.07) is 14.7. The summed E-state index contributed by atoms with van der Waals surface area (Å²) in [6.45, 7) is 1.82. The van der Waals surface area contributed by atoms with Crippen LogP contribution in [-0.4, -0.2) is 30.8 Å². The Bertz CT molecular complexity index is 1130. The lowest BCUT2D eigenvalue weighted by molar-refractivity contribution is 0.102. The fourth-order valence-corrected chi connectivity index (χ4v) is 2.66. The number of nitrogens with zero attached hydrogens (tertiary/aromatic N) is 5. The number of carbonyl (C=O) groups excluding carboxylic acids is 1. The third kappa shape index (κ3) is 4.90. The van der Waals surface area contributed by atoms with Crippen LogP contribution in [0.15, 0.2) is 73.3 Å². The molecule has 0 fully saturated rings. The minimum atomic E-state index is -0.319. The molecule has 3 aromatic heterocycles. The van der Waals surface area contributed by atoms with Crippen molar-refractivity contribution in [2.45, 2.75) is 6.92 Å². The lowest BCUT2D eigenvalue weighted by atomic mass is 10.2. The number of pyridine rings is 1. The van der Waals surface area contributed by atoms with Crippen LogP contribution in [0, 0.1) is 6.92 Å². The Labute approximate surface area is 172 Å². The van der Waals surface area contributed by atoms with Crippen molar-refractivity contribution in [3.63, 3.8) is 0 Å². The van der Waals surface area contributed by atoms with E-state index in [1.165, 1.54) is 18.6 Å². The molecule has 4 rings (SSSR count). The van der Waals surface area contributed by atoms with Crippen LogP contribution in [0.1, 0.15) is 16.3 Å². The van der Waals surface area contributed by atoms with E-state index in [1.54, 1.807) is 24.4 Å². The van der Waals surface area contributed by atoms with Gasteiger partial charge in [0.25, 0.3) is 5.91 Å². The van der Waals surface area contributed by atoms with Crippen LogP contribution in [0.2, 0.25) is 0 Å². The largest absolute Gasteiger partial charge is 0.340 e. The number of benzene rings is 1. The summed E-state index contributed by atoms with van der Waals surface area (Å²) in [4.78, 5) is 33.1. The molecule has 1 aromatic carbocycles. The first-order valence-corrected chi connectivity index (χ1v) is 9.14. The minimum absolute atomic E-state index is 0.254. The van der Waals surface area contributed by atoms with Gasteiger partial charge in [0, 0.05) is 36.0 Å². The molecule has 0 aliphatic heterocycles. The first-order valence-electron chi connectivity index (χ1n) is 9.14. The first kappa shape index (κ1) is 18.9. The average molecular weight is 398 g/mol. The molecule has 4 aromatic rings. The van der Waals surface area contributed by atoms with Crippen LogP contribution in [0.25, 0.3) is 0 Å². The van der Waals surface area contributed by atoms with Crippen LogP contribution >= 0.6 is 0 Å². The van der Waals surface area contributed by atoms with Gasteiger partial charge in [-0.1, -0.05) is 6.07 Å². The maximum atomic E-state index is 12.2. The summed E-state index contributed by atoms with van der Waals surface area (Å²) in [5.41, 5.74) is 1.71. The number of rotatable bonds is 6. The summed E-state index contributed by atoms with van der Waals surface area (Å²) in [5, 5.41) is 9.18. The summed E-state index contributed by atoms with van der Waals surface area (Å²) in [5.74, 6) is 2.27. The SMILES string of the molecule is Cc1nc(Nc2ccc(NC(=O)c3cnccn3)cc2)cc(Nc2ccccn2)n1. The molecule has 0 saturated carbocycles. The third-order valence-electron chi connectivity index (χ3n) is 3.97. The molecule has 30 heavy (non-hydrogen) atoms. The molecule has 1 amide bonds. The summed E-state index contributed by atoms with van der Waals surface area (Å²) in [7, 11) is 0. The Morgan fingerprint density at radius 3 is 2.27 bits per heavy atom. The highest BCUT2D eigenvalue weighted by Gasteiger charge is 2.08. The highest BCUT2D eigenvalue weighted by Crippen LogP contribution is 2.21. The van der Waals surface area contributed by atoms with E-state index >= 15 is 0 Å². The van der Waals surface area contributed by atoms with Gasteiger partial charge in [-0.3, -0.25) is 9.78 Å². The molecule has 9 nitrogen and oxygen atoms in total. The first-order chi connectivity index (χ1) is 14.7.